The van der Waals surface area contributed by atoms with Gasteiger partial charge in [-0.25, -0.2) is 15.0 Å². The van der Waals surface area contributed by atoms with E-state index in [0.29, 0.717) is 29.8 Å². The van der Waals surface area contributed by atoms with Gasteiger partial charge in [-0.05, 0) is 6.42 Å². The second-order valence-electron chi connectivity index (χ2n) is 5.22. The first-order chi connectivity index (χ1) is 10.1. The summed E-state index contributed by atoms with van der Waals surface area (Å²) in [6.45, 7) is 1.74. The number of rotatable bonds is 3. The highest BCUT2D eigenvalue weighted by Gasteiger charge is 2.44. The van der Waals surface area contributed by atoms with E-state index >= 15 is 0 Å². The van der Waals surface area contributed by atoms with Crippen molar-refractivity contribution >= 4 is 17.1 Å². The highest BCUT2D eigenvalue weighted by atomic mass is 16.3. The topological polar surface area (TPSA) is 124 Å². The molecule has 1 fully saturated rings. The van der Waals surface area contributed by atoms with E-state index in [1.807, 2.05) is 0 Å². The average molecular weight is 291 g/mol. The molecule has 2 heterocycles. The Morgan fingerprint density at radius 1 is 1.43 bits per heavy atom. The molecule has 2 aromatic rings. The molecule has 0 bridgehead atoms. The molecule has 0 aliphatic heterocycles. The zero-order valence-corrected chi connectivity index (χ0v) is 11.5. The number of carbonyl (C=O) groups excluding carboxylic acids is 1. The summed E-state index contributed by atoms with van der Waals surface area (Å²) in [6.07, 6.45) is 1.81. The van der Waals surface area contributed by atoms with Gasteiger partial charge < -0.3 is 20.5 Å². The van der Waals surface area contributed by atoms with Gasteiger partial charge in [0.05, 0.1) is 24.7 Å². The van der Waals surface area contributed by atoms with Gasteiger partial charge in [-0.1, -0.05) is 6.92 Å². The molecule has 1 aliphatic rings. The van der Waals surface area contributed by atoms with Crippen LogP contribution in [0.2, 0.25) is 0 Å². The largest absolute Gasteiger partial charge is 0.390 e. The van der Waals surface area contributed by atoms with E-state index in [4.69, 9.17) is 0 Å². The minimum atomic E-state index is -1.02. The van der Waals surface area contributed by atoms with Gasteiger partial charge in [0, 0.05) is 12.3 Å². The quantitative estimate of drug-likeness (QED) is 0.602. The Morgan fingerprint density at radius 2 is 2.24 bits per heavy atom. The van der Waals surface area contributed by atoms with E-state index in [1.54, 1.807) is 13.1 Å². The van der Waals surface area contributed by atoms with Gasteiger partial charge in [0.25, 0.3) is 0 Å². The fourth-order valence-electron chi connectivity index (χ4n) is 2.67. The monoisotopic (exact) mass is 291 g/mol. The lowest BCUT2D eigenvalue weighted by molar-refractivity contribution is -0.122. The van der Waals surface area contributed by atoms with Crippen LogP contribution in [0.5, 0.6) is 0 Å². The number of hydrogen-bond acceptors (Lipinski definition) is 6. The molecule has 0 unspecified atom stereocenters. The first-order valence-electron chi connectivity index (χ1n) is 6.91. The number of hydrogen-bond donors (Lipinski definition) is 4. The fraction of sp³-hybridized carbons (Fsp3) is 0.538. The van der Waals surface area contributed by atoms with Crippen LogP contribution in [-0.2, 0) is 4.79 Å². The van der Waals surface area contributed by atoms with Crippen LogP contribution >= 0.6 is 0 Å². The van der Waals surface area contributed by atoms with Crippen LogP contribution in [-0.4, -0.2) is 54.3 Å². The number of nitrogens with zero attached hydrogens (tertiary/aromatic N) is 3. The van der Waals surface area contributed by atoms with E-state index in [2.05, 4.69) is 25.3 Å². The Kier molecular flexibility index (Phi) is 3.56. The highest BCUT2D eigenvalue weighted by Crippen LogP contribution is 2.33. The number of H-pyrrole nitrogens is 1. The summed E-state index contributed by atoms with van der Waals surface area (Å²) in [4.78, 5) is 26.9. The molecule has 4 N–H and O–H groups in total. The number of aliphatic hydroxyl groups is 2. The first-order valence-corrected chi connectivity index (χ1v) is 6.91. The number of fused-ring (bicyclic) bond motifs is 1. The molecule has 8 nitrogen and oxygen atoms in total. The third kappa shape index (κ3) is 2.47. The SMILES string of the molecule is CCC(=O)N[C@H]1C[C@H](c2ncc3[nH]cnc3n2)[C@H](O)[C@@H]1O. The lowest BCUT2D eigenvalue weighted by atomic mass is 10.0. The highest BCUT2D eigenvalue weighted by molar-refractivity contribution is 5.76. The summed E-state index contributed by atoms with van der Waals surface area (Å²) in [6, 6.07) is -0.490. The fourth-order valence-corrected chi connectivity index (χ4v) is 2.67. The Balaban J connectivity index is 1.83. The van der Waals surface area contributed by atoms with Gasteiger partial charge in [-0.2, -0.15) is 0 Å². The Morgan fingerprint density at radius 3 is 3.00 bits per heavy atom. The van der Waals surface area contributed by atoms with Gasteiger partial charge in [0.15, 0.2) is 5.65 Å². The number of aromatic amines is 1. The number of amides is 1. The van der Waals surface area contributed by atoms with Gasteiger partial charge in [-0.15, -0.1) is 0 Å². The van der Waals surface area contributed by atoms with Crippen LogP contribution in [0.25, 0.3) is 11.2 Å². The van der Waals surface area contributed by atoms with E-state index in [9.17, 15) is 15.0 Å². The van der Waals surface area contributed by atoms with Crippen molar-refractivity contribution < 1.29 is 15.0 Å². The normalized spacial score (nSPS) is 28.9. The van der Waals surface area contributed by atoms with Gasteiger partial charge in [0.1, 0.15) is 17.4 Å². The maximum atomic E-state index is 11.5. The van der Waals surface area contributed by atoms with Crippen LogP contribution in [0.3, 0.4) is 0 Å². The summed E-state index contributed by atoms with van der Waals surface area (Å²) >= 11 is 0. The molecule has 0 spiro atoms. The zero-order chi connectivity index (χ0) is 15.0. The van der Waals surface area contributed by atoms with Gasteiger partial charge in [-0.3, -0.25) is 4.79 Å². The van der Waals surface area contributed by atoms with Crippen molar-refractivity contribution in [2.24, 2.45) is 0 Å². The number of nitrogens with one attached hydrogen (secondary N) is 2. The molecule has 0 aromatic carbocycles. The molecule has 2 aromatic heterocycles. The van der Waals surface area contributed by atoms with Crippen molar-refractivity contribution in [2.75, 3.05) is 0 Å². The number of aromatic nitrogens is 4. The van der Waals surface area contributed by atoms with Crippen molar-refractivity contribution in [3.63, 3.8) is 0 Å². The van der Waals surface area contributed by atoms with Gasteiger partial charge >= 0.3 is 0 Å². The predicted molar refractivity (Wildman–Crippen MR) is 73.3 cm³/mol. The molecule has 0 radical (unpaired) electrons. The minimum Gasteiger partial charge on any atom is -0.390 e. The molecular weight excluding hydrogens is 274 g/mol. The minimum absolute atomic E-state index is 0.157. The third-order valence-corrected chi connectivity index (χ3v) is 3.88. The van der Waals surface area contributed by atoms with E-state index in [1.165, 1.54) is 6.33 Å². The molecule has 1 aliphatic carbocycles. The average Bonchev–Trinajstić information content (AvgIpc) is 3.06. The molecule has 21 heavy (non-hydrogen) atoms. The predicted octanol–water partition coefficient (Wildman–Crippen LogP) is -0.543. The summed E-state index contributed by atoms with van der Waals surface area (Å²) in [5, 5.41) is 23.0. The molecule has 8 heteroatoms. The van der Waals surface area contributed by atoms with Gasteiger partial charge in [0.2, 0.25) is 5.91 Å². The smallest absolute Gasteiger partial charge is 0.220 e. The van der Waals surface area contributed by atoms with Crippen molar-refractivity contribution in [3.8, 4) is 0 Å². The van der Waals surface area contributed by atoms with Crippen LogP contribution in [0.15, 0.2) is 12.5 Å². The lowest BCUT2D eigenvalue weighted by Crippen LogP contribution is -2.42. The molecular formula is C13H17N5O3. The first kappa shape index (κ1) is 13.9. The summed E-state index contributed by atoms with van der Waals surface area (Å²) < 4.78 is 0. The number of aliphatic hydroxyl groups excluding tert-OH is 2. The van der Waals surface area contributed by atoms with Crippen LogP contribution in [0, 0.1) is 0 Å². The third-order valence-electron chi connectivity index (χ3n) is 3.88. The van der Waals surface area contributed by atoms with Crippen LogP contribution < -0.4 is 5.32 Å². The Hall–Kier alpha value is -2.06. The number of imidazole rings is 1. The summed E-state index contributed by atoms with van der Waals surface area (Å²) in [5.41, 5.74) is 1.23. The lowest BCUT2D eigenvalue weighted by Gasteiger charge is -2.17. The van der Waals surface area contributed by atoms with E-state index in [-0.39, 0.29) is 5.91 Å². The standard InChI is InChI=1S/C13H17N5O3/c1-2-9(19)17-7-3-6(10(20)11(7)21)12-14-4-8-13(18-12)16-5-15-8/h4-7,10-11,20-21H,2-3H2,1H3,(H,17,19)(H,14,15,16,18)/t6-,7-,10-,11+/m0/s1. The summed E-state index contributed by atoms with van der Waals surface area (Å²) in [7, 11) is 0. The summed E-state index contributed by atoms with van der Waals surface area (Å²) in [5.74, 6) is -0.159. The molecule has 1 amide bonds. The van der Waals surface area contributed by atoms with E-state index < -0.39 is 24.2 Å². The Bertz CT molecular complexity index is 658. The number of carbonyl (C=O) groups is 1. The van der Waals surface area contributed by atoms with Crippen LogP contribution in [0.1, 0.15) is 31.5 Å². The van der Waals surface area contributed by atoms with Crippen molar-refractivity contribution in [1.82, 2.24) is 25.3 Å². The molecule has 4 atom stereocenters. The van der Waals surface area contributed by atoms with Crippen LogP contribution in [0.4, 0.5) is 0 Å². The molecule has 1 saturated carbocycles. The second-order valence-corrected chi connectivity index (χ2v) is 5.22. The zero-order valence-electron chi connectivity index (χ0n) is 11.5. The maximum Gasteiger partial charge on any atom is 0.220 e. The molecule has 3 rings (SSSR count). The maximum absolute atomic E-state index is 11.5. The van der Waals surface area contributed by atoms with E-state index in [0.717, 1.165) is 0 Å². The van der Waals surface area contributed by atoms with Crippen molar-refractivity contribution in [2.45, 2.75) is 43.9 Å². The molecule has 0 saturated heterocycles. The Labute approximate surface area is 120 Å². The second kappa shape index (κ2) is 5.38. The molecule has 112 valence electrons. The van der Waals surface area contributed by atoms with Crippen molar-refractivity contribution in [3.05, 3.63) is 18.3 Å². The van der Waals surface area contributed by atoms with Crippen molar-refractivity contribution in [1.29, 1.82) is 0 Å².